The number of rotatable bonds is 6. The van der Waals surface area contributed by atoms with Gasteiger partial charge in [0.1, 0.15) is 5.82 Å². The molecule has 1 aromatic rings. The van der Waals surface area contributed by atoms with Gasteiger partial charge in [0.05, 0.1) is 5.75 Å². The summed E-state index contributed by atoms with van der Waals surface area (Å²) < 4.78 is 2.05. The molecule has 0 aliphatic rings. The van der Waals surface area contributed by atoms with Crippen LogP contribution in [0.1, 0.15) is 39.1 Å². The molecular weight excluding hydrogens is 238 g/mol. The molecule has 0 fully saturated rings. The molecule has 1 rings (SSSR count). The van der Waals surface area contributed by atoms with Crippen LogP contribution >= 0.6 is 11.8 Å². The Morgan fingerprint density at radius 3 is 2.59 bits per heavy atom. The molecule has 0 radical (unpaired) electrons. The quantitative estimate of drug-likeness (QED) is 0.792. The standard InChI is InChI=1S/C11H19N3O2S/c1-5-9(7(2)3)14-8(4)12-13-11(14)17-6-10(15)16/h7,9H,5-6H2,1-4H3,(H,15,16). The minimum absolute atomic E-state index is 0.0205. The Hall–Kier alpha value is -1.04. The van der Waals surface area contributed by atoms with E-state index in [4.69, 9.17) is 5.11 Å². The zero-order chi connectivity index (χ0) is 13.0. The van der Waals surface area contributed by atoms with E-state index in [2.05, 4.69) is 35.5 Å². The average Bonchev–Trinajstić information content (AvgIpc) is 2.59. The van der Waals surface area contributed by atoms with Crippen LogP contribution in [0.15, 0.2) is 5.16 Å². The molecule has 1 aromatic heterocycles. The highest BCUT2D eigenvalue weighted by atomic mass is 32.2. The number of carboxylic acids is 1. The van der Waals surface area contributed by atoms with E-state index in [9.17, 15) is 4.79 Å². The number of carboxylic acid groups (broad SMARTS) is 1. The summed E-state index contributed by atoms with van der Waals surface area (Å²) in [5.74, 6) is 0.504. The van der Waals surface area contributed by atoms with Crippen molar-refractivity contribution in [2.75, 3.05) is 5.75 Å². The van der Waals surface area contributed by atoms with Crippen molar-refractivity contribution in [2.24, 2.45) is 5.92 Å². The molecule has 0 bridgehead atoms. The molecule has 0 aliphatic heterocycles. The van der Waals surface area contributed by atoms with Crippen molar-refractivity contribution in [3.05, 3.63) is 5.82 Å². The summed E-state index contributed by atoms with van der Waals surface area (Å²) in [4.78, 5) is 10.6. The minimum Gasteiger partial charge on any atom is -0.481 e. The highest BCUT2D eigenvalue weighted by Crippen LogP contribution is 2.28. The van der Waals surface area contributed by atoms with Gasteiger partial charge in [0.2, 0.25) is 0 Å². The molecule has 1 N–H and O–H groups in total. The Balaban J connectivity index is 2.96. The third-order valence-electron chi connectivity index (χ3n) is 2.68. The van der Waals surface area contributed by atoms with E-state index in [-0.39, 0.29) is 5.75 Å². The van der Waals surface area contributed by atoms with Crippen LogP contribution in [-0.2, 0) is 4.79 Å². The van der Waals surface area contributed by atoms with Crippen LogP contribution in [0.2, 0.25) is 0 Å². The van der Waals surface area contributed by atoms with E-state index in [0.29, 0.717) is 17.1 Å². The van der Waals surface area contributed by atoms with Gasteiger partial charge in [0.15, 0.2) is 5.16 Å². The van der Waals surface area contributed by atoms with Crippen LogP contribution < -0.4 is 0 Å². The lowest BCUT2D eigenvalue weighted by Crippen LogP contribution is -2.17. The van der Waals surface area contributed by atoms with Gasteiger partial charge in [0, 0.05) is 6.04 Å². The lowest BCUT2D eigenvalue weighted by Gasteiger charge is -2.23. The van der Waals surface area contributed by atoms with Gasteiger partial charge in [-0.25, -0.2) is 0 Å². The highest BCUT2D eigenvalue weighted by Gasteiger charge is 2.20. The molecule has 0 saturated carbocycles. The van der Waals surface area contributed by atoms with Crippen LogP contribution in [0.3, 0.4) is 0 Å². The largest absolute Gasteiger partial charge is 0.481 e. The lowest BCUT2D eigenvalue weighted by molar-refractivity contribution is -0.133. The first-order valence-electron chi connectivity index (χ1n) is 5.73. The predicted octanol–water partition coefficient (Wildman–Crippen LogP) is 2.37. The molecule has 1 unspecified atom stereocenters. The fraction of sp³-hybridized carbons (Fsp3) is 0.727. The fourth-order valence-electron chi connectivity index (χ4n) is 1.91. The van der Waals surface area contributed by atoms with Gasteiger partial charge in [-0.3, -0.25) is 4.79 Å². The Morgan fingerprint density at radius 2 is 2.12 bits per heavy atom. The summed E-state index contributed by atoms with van der Waals surface area (Å²) in [5.41, 5.74) is 0. The zero-order valence-electron chi connectivity index (χ0n) is 10.7. The number of carbonyl (C=O) groups is 1. The molecule has 0 aromatic carbocycles. The molecule has 0 saturated heterocycles. The van der Waals surface area contributed by atoms with Crippen molar-refractivity contribution in [2.45, 2.75) is 45.3 Å². The van der Waals surface area contributed by atoms with Gasteiger partial charge in [-0.15, -0.1) is 10.2 Å². The lowest BCUT2D eigenvalue weighted by atomic mass is 10.0. The van der Waals surface area contributed by atoms with E-state index in [1.165, 1.54) is 11.8 Å². The normalized spacial score (nSPS) is 13.0. The van der Waals surface area contributed by atoms with E-state index in [1.807, 2.05) is 6.92 Å². The molecule has 17 heavy (non-hydrogen) atoms. The maximum atomic E-state index is 10.6. The predicted molar refractivity (Wildman–Crippen MR) is 67.3 cm³/mol. The third-order valence-corrected chi connectivity index (χ3v) is 3.61. The van der Waals surface area contributed by atoms with Crippen LogP contribution in [0, 0.1) is 12.8 Å². The summed E-state index contributed by atoms with van der Waals surface area (Å²) in [6.07, 6.45) is 0.983. The van der Waals surface area contributed by atoms with Crippen LogP contribution in [0.25, 0.3) is 0 Å². The second-order valence-corrected chi connectivity index (χ2v) is 5.24. The Kier molecular flexibility index (Phi) is 4.99. The summed E-state index contributed by atoms with van der Waals surface area (Å²) in [6.45, 7) is 8.33. The van der Waals surface area contributed by atoms with Gasteiger partial charge < -0.3 is 9.67 Å². The fourth-order valence-corrected chi connectivity index (χ4v) is 2.67. The van der Waals surface area contributed by atoms with Crippen molar-refractivity contribution in [1.82, 2.24) is 14.8 Å². The van der Waals surface area contributed by atoms with E-state index in [0.717, 1.165) is 12.2 Å². The number of thioether (sulfide) groups is 1. The van der Waals surface area contributed by atoms with Crippen molar-refractivity contribution in [3.8, 4) is 0 Å². The maximum Gasteiger partial charge on any atom is 0.313 e. The Bertz CT molecular complexity index is 390. The van der Waals surface area contributed by atoms with Gasteiger partial charge >= 0.3 is 5.97 Å². The van der Waals surface area contributed by atoms with Crippen LogP contribution in [0.4, 0.5) is 0 Å². The van der Waals surface area contributed by atoms with Gasteiger partial charge in [0.25, 0.3) is 0 Å². The molecule has 1 heterocycles. The second kappa shape index (κ2) is 6.05. The first-order chi connectivity index (χ1) is 7.97. The zero-order valence-corrected chi connectivity index (χ0v) is 11.5. The molecule has 96 valence electrons. The summed E-state index contributed by atoms with van der Waals surface area (Å²) in [7, 11) is 0. The minimum atomic E-state index is -0.834. The number of hydrogen-bond donors (Lipinski definition) is 1. The van der Waals surface area contributed by atoms with Crippen LogP contribution in [-0.4, -0.2) is 31.6 Å². The smallest absolute Gasteiger partial charge is 0.313 e. The SMILES string of the molecule is CCC(C(C)C)n1c(C)nnc1SCC(=O)O. The summed E-state index contributed by atoms with van der Waals surface area (Å²) >= 11 is 1.23. The molecule has 1 atom stereocenters. The molecular formula is C11H19N3O2S. The van der Waals surface area contributed by atoms with Gasteiger partial charge in [-0.2, -0.15) is 0 Å². The average molecular weight is 257 g/mol. The third kappa shape index (κ3) is 3.46. The molecule has 0 aliphatic carbocycles. The first-order valence-corrected chi connectivity index (χ1v) is 6.72. The topological polar surface area (TPSA) is 68.0 Å². The Labute approximate surface area is 106 Å². The van der Waals surface area contributed by atoms with Crippen LogP contribution in [0.5, 0.6) is 0 Å². The number of aliphatic carboxylic acids is 1. The van der Waals surface area contributed by atoms with E-state index >= 15 is 0 Å². The first kappa shape index (κ1) is 14.0. The Morgan fingerprint density at radius 1 is 1.47 bits per heavy atom. The number of hydrogen-bond acceptors (Lipinski definition) is 4. The maximum absolute atomic E-state index is 10.6. The van der Waals surface area contributed by atoms with E-state index < -0.39 is 5.97 Å². The van der Waals surface area contributed by atoms with Crippen molar-refractivity contribution < 1.29 is 9.90 Å². The molecule has 6 heteroatoms. The van der Waals surface area contributed by atoms with Crippen molar-refractivity contribution >= 4 is 17.7 Å². The summed E-state index contributed by atoms with van der Waals surface area (Å²) in [5, 5.41) is 17.5. The van der Waals surface area contributed by atoms with Gasteiger partial charge in [-0.05, 0) is 19.3 Å². The van der Waals surface area contributed by atoms with Gasteiger partial charge in [-0.1, -0.05) is 32.5 Å². The molecule has 0 spiro atoms. The number of aromatic nitrogens is 3. The van der Waals surface area contributed by atoms with Crippen molar-refractivity contribution in [3.63, 3.8) is 0 Å². The molecule has 5 nitrogen and oxygen atoms in total. The monoisotopic (exact) mass is 257 g/mol. The molecule has 0 amide bonds. The second-order valence-electron chi connectivity index (χ2n) is 4.30. The summed E-state index contributed by atoms with van der Waals surface area (Å²) in [6, 6.07) is 0.321. The number of nitrogens with zero attached hydrogens (tertiary/aromatic N) is 3. The number of aryl methyl sites for hydroxylation is 1. The van der Waals surface area contributed by atoms with Crippen molar-refractivity contribution in [1.29, 1.82) is 0 Å². The van der Waals surface area contributed by atoms with E-state index in [1.54, 1.807) is 0 Å². The highest BCUT2D eigenvalue weighted by molar-refractivity contribution is 7.99.